The van der Waals surface area contributed by atoms with Crippen molar-refractivity contribution in [1.29, 1.82) is 0 Å². The predicted octanol–water partition coefficient (Wildman–Crippen LogP) is 16.3. The van der Waals surface area contributed by atoms with Gasteiger partial charge in [-0.3, -0.25) is 69.7 Å². The number of alkyl halides is 1. The lowest BCUT2D eigenvalue weighted by Gasteiger charge is -2.29. The third kappa shape index (κ3) is 26.0. The smallest absolute Gasteiger partial charge is 0.318 e. The molecule has 0 saturated heterocycles. The van der Waals surface area contributed by atoms with Gasteiger partial charge in [-0.1, -0.05) is 128 Å². The Kier molecular flexibility index (Phi) is 31.4. The van der Waals surface area contributed by atoms with Gasteiger partial charge < -0.3 is 51.0 Å². The van der Waals surface area contributed by atoms with Gasteiger partial charge in [0.1, 0.15) is 0 Å². The molecule has 103 heavy (non-hydrogen) atoms. The van der Waals surface area contributed by atoms with E-state index in [-0.39, 0.29) is 99.3 Å². The maximum Gasteiger partial charge on any atom is 0.318 e. The Labute approximate surface area is 609 Å². The molecular formula is C72H96Cl2N10O19. The van der Waals surface area contributed by atoms with Crippen molar-refractivity contribution in [3.05, 3.63) is 163 Å². The fourth-order valence-electron chi connectivity index (χ4n) is 9.57. The first-order valence-electron chi connectivity index (χ1n) is 32.7. The van der Waals surface area contributed by atoms with Crippen LogP contribution in [0, 0.1) is 50.6 Å². The molecule has 3 heterocycles. The highest BCUT2D eigenvalue weighted by atomic mass is 35.5. The number of hydrogen-bond donors (Lipinski definition) is 5. The summed E-state index contributed by atoms with van der Waals surface area (Å²) >= 11 is 9.55. The molecule has 29 nitrogen and oxygen atoms in total. The second-order valence-corrected chi connectivity index (χ2v) is 30.0. The van der Waals surface area contributed by atoms with Gasteiger partial charge in [0.2, 0.25) is 22.5 Å². The van der Waals surface area contributed by atoms with E-state index in [4.69, 9.17) is 48.9 Å². The fourth-order valence-corrected chi connectivity index (χ4v) is 9.57. The number of phenolic OH excluding ortho intramolecular Hbond substituents is 2. The summed E-state index contributed by atoms with van der Waals surface area (Å²) in [6.07, 6.45) is 20.0. The molecule has 3 amide bonds. The number of allylic oxidation sites excluding steroid dienone is 4. The highest BCUT2D eigenvalue weighted by Crippen LogP contribution is 2.46. The molecule has 0 unspecified atom stereocenters. The zero-order chi connectivity index (χ0) is 78.6. The van der Waals surface area contributed by atoms with Crippen molar-refractivity contribution in [1.82, 2.24) is 0 Å². The lowest BCUT2D eigenvalue weighted by Crippen LogP contribution is -2.36. The number of ether oxygens (including phenoxy) is 3. The summed E-state index contributed by atoms with van der Waals surface area (Å²) in [6, 6.07) is 15.6. The van der Waals surface area contributed by atoms with Gasteiger partial charge in [-0.25, -0.2) is 0 Å². The van der Waals surface area contributed by atoms with Gasteiger partial charge in [0, 0.05) is 44.4 Å². The quantitative estimate of drug-likeness (QED) is 0.0200. The molecule has 7 N–H and O–H groups in total. The molecule has 0 atom stereocenters. The first-order valence-corrected chi connectivity index (χ1v) is 33.7. The van der Waals surface area contributed by atoms with E-state index in [9.17, 15) is 80.0 Å². The number of nitro groups is 5. The van der Waals surface area contributed by atoms with Crippen LogP contribution in [-0.4, -0.2) is 97.6 Å². The number of aromatic hydroxyl groups is 2. The summed E-state index contributed by atoms with van der Waals surface area (Å²) in [5, 5.41) is 75.2. The minimum atomic E-state index is -0.909. The Balaban J connectivity index is 0.000000316. The second-order valence-electron chi connectivity index (χ2n) is 29.3. The molecule has 31 heteroatoms. The maximum absolute atomic E-state index is 11.6. The molecule has 0 radical (unpaired) electrons. The number of amides is 3. The number of benzene rings is 5. The summed E-state index contributed by atoms with van der Waals surface area (Å²) in [7, 11) is 3.34. The lowest BCUT2D eigenvalue weighted by atomic mass is 9.86. The van der Waals surface area contributed by atoms with Crippen LogP contribution in [0.4, 0.5) is 56.9 Å². The number of nitrogens with two attached hydrogens (primary N) is 2. The van der Waals surface area contributed by atoms with Crippen LogP contribution in [0.25, 0.3) is 0 Å². The van der Waals surface area contributed by atoms with Gasteiger partial charge >= 0.3 is 28.4 Å². The molecule has 3 aliphatic heterocycles. The molecule has 5 aromatic rings. The number of carbonyl (C=O) groups is 4. The van der Waals surface area contributed by atoms with Crippen LogP contribution < -0.4 is 40.8 Å². The van der Waals surface area contributed by atoms with E-state index in [0.717, 1.165) is 40.1 Å². The molecule has 5 aliphatic rings. The minimum absolute atomic E-state index is 0.00944. The number of nitrogens with one attached hydrogen (secondary N) is 1. The molecule has 562 valence electrons. The SMILES string of the molecule is C1=CCCCC1.C1=CCCCC1.CC(C)(C)c1cc(N)c(O)c([N+](=O)[O-])c1.CC(C)(C)c1cc([N+](=O)[O-])c(O)c([N+](=O)[O-])c1.CC(C)(C)c1cc2c(c([N+](=O)[O-])c1)OCC(=O)N2.CN1C(=O)COc2c(N)cc(C(C)(C)C)cc21.CN1C(=O)COc2c1cc(C(C)(C)C)cc2[N+](=O)[O-].O=C(Cl)CCl. The standard InChI is InChI=1S/C13H16N2O4.C13H18N2O2.C12H14N2O4.C10H12N2O5.C10H14N2O3.2C6H10.C2H2Cl2O/c1-13(2,3)8-5-9-12(10(6-8)15(17)18)19-7-11(16)14(9)4;1-13(2,3)8-5-9(14)12-10(6-8)15(4)11(16)7-17-12;1-12(2,3)7-4-8-11(9(5-7)14(16)17)18-6-10(15)13-8;1-10(2,3)6-4-7(11(14)15)9(13)8(5-6)12(16)17;1-10(2,3)6-4-7(11)9(13)8(5-6)12(14)15;2*1-2-4-6-5-3-1;3-1-2(4)5/h5-6H,7H2,1-4H3;5-6H,7,14H2,1-4H3;4-5H,6H2,1-3H3,(H,13,15);4-5,13H,1-3H3;4-5,13H,11H2,1-3H3;2*1-2H,3-6H2;1H2. The van der Waals surface area contributed by atoms with Crippen LogP contribution in [-0.2, 0) is 46.3 Å². The van der Waals surface area contributed by atoms with Crippen LogP contribution in [0.5, 0.6) is 28.7 Å². The number of carbonyl (C=O) groups excluding carboxylic acids is 4. The van der Waals surface area contributed by atoms with E-state index in [1.807, 2.05) is 74.4 Å². The van der Waals surface area contributed by atoms with Gasteiger partial charge in [-0.15, -0.1) is 11.6 Å². The minimum Gasteiger partial charge on any atom is -0.501 e. The largest absolute Gasteiger partial charge is 0.501 e. The van der Waals surface area contributed by atoms with Crippen LogP contribution >= 0.6 is 23.2 Å². The number of likely N-dealkylation sites (N-methyl/N-ethyl adjacent to an activating group) is 2. The zero-order valence-corrected chi connectivity index (χ0v) is 63.0. The van der Waals surface area contributed by atoms with Crippen molar-refractivity contribution in [2.45, 2.75) is 182 Å². The molecule has 0 spiro atoms. The number of hydrogen-bond acceptors (Lipinski definition) is 21. The van der Waals surface area contributed by atoms with Crippen molar-refractivity contribution in [3.63, 3.8) is 0 Å². The molecule has 0 saturated carbocycles. The Morgan fingerprint density at radius 1 is 0.456 bits per heavy atom. The highest BCUT2D eigenvalue weighted by molar-refractivity contribution is 6.67. The average Bonchev–Trinajstić information content (AvgIpc) is 0.784. The number of nitrogen functional groups attached to an aromatic ring is 2. The summed E-state index contributed by atoms with van der Waals surface area (Å²) in [5.74, 6) is -1.13. The van der Waals surface area contributed by atoms with Crippen molar-refractivity contribution in [2.24, 2.45) is 0 Å². The molecule has 0 fully saturated rings. The van der Waals surface area contributed by atoms with E-state index in [1.54, 1.807) is 58.0 Å². The number of nitro benzene ring substituents is 5. The van der Waals surface area contributed by atoms with Crippen LogP contribution in [0.2, 0.25) is 0 Å². The van der Waals surface area contributed by atoms with Crippen LogP contribution in [0.15, 0.2) is 85.0 Å². The number of nitrogens with zero attached hydrogens (tertiary/aromatic N) is 7. The maximum atomic E-state index is 11.6. The third-order valence-electron chi connectivity index (χ3n) is 15.9. The van der Waals surface area contributed by atoms with Gasteiger partial charge in [-0.05, 0) is 148 Å². The zero-order valence-electron chi connectivity index (χ0n) is 61.4. The number of halogens is 2. The summed E-state index contributed by atoms with van der Waals surface area (Å²) in [4.78, 5) is 97.9. The van der Waals surface area contributed by atoms with E-state index >= 15 is 0 Å². The third-order valence-corrected chi connectivity index (χ3v) is 16.4. The summed E-state index contributed by atoms with van der Waals surface area (Å²) in [6.45, 7) is 28.8. The van der Waals surface area contributed by atoms with Crippen molar-refractivity contribution >= 4 is 103 Å². The molecule has 0 aromatic heterocycles. The van der Waals surface area contributed by atoms with E-state index in [2.05, 4.69) is 50.4 Å². The summed E-state index contributed by atoms with van der Waals surface area (Å²) in [5.41, 5.74) is 14.4. The Morgan fingerprint density at radius 2 is 0.738 bits per heavy atom. The number of anilines is 5. The van der Waals surface area contributed by atoms with Gasteiger partial charge in [0.25, 0.3) is 23.5 Å². The molecule has 10 rings (SSSR count). The first kappa shape index (κ1) is 87.1. The van der Waals surface area contributed by atoms with Crippen molar-refractivity contribution < 1.29 is 68.2 Å². The van der Waals surface area contributed by atoms with E-state index in [1.165, 1.54) is 74.5 Å². The molecule has 2 aliphatic carbocycles. The fraction of sp³-hybridized carbons (Fsp3) is 0.472. The first-order chi connectivity index (χ1) is 47.4. The van der Waals surface area contributed by atoms with Crippen LogP contribution in [0.1, 0.15) is 183 Å². The van der Waals surface area contributed by atoms with Gasteiger partial charge in [-0.2, -0.15) is 0 Å². The Bertz CT molecular complexity index is 3940. The molecular weight excluding hydrogens is 1380 g/mol. The second kappa shape index (κ2) is 37.1. The van der Waals surface area contributed by atoms with Crippen molar-refractivity contribution in [2.75, 3.05) is 66.4 Å². The topological polar surface area (TPSA) is 423 Å². The Morgan fingerprint density at radius 3 is 1.08 bits per heavy atom. The van der Waals surface area contributed by atoms with E-state index in [0.29, 0.717) is 28.4 Å². The normalized spacial score (nSPS) is 14.2. The highest BCUT2D eigenvalue weighted by Gasteiger charge is 2.35. The number of rotatable bonds is 6. The predicted molar refractivity (Wildman–Crippen MR) is 400 cm³/mol. The molecule has 5 aromatic carbocycles. The number of phenols is 2. The van der Waals surface area contributed by atoms with Gasteiger partial charge in [0.15, 0.2) is 25.6 Å². The van der Waals surface area contributed by atoms with Crippen LogP contribution in [0.3, 0.4) is 0 Å². The average molecular weight is 1480 g/mol. The van der Waals surface area contributed by atoms with Gasteiger partial charge in [0.05, 0.1) is 58.9 Å². The van der Waals surface area contributed by atoms with E-state index < -0.39 is 58.1 Å². The molecule has 0 bridgehead atoms. The monoisotopic (exact) mass is 1470 g/mol. The van der Waals surface area contributed by atoms with Crippen molar-refractivity contribution in [3.8, 4) is 28.7 Å². The summed E-state index contributed by atoms with van der Waals surface area (Å²) < 4.78 is 15.8. The number of fused-ring (bicyclic) bond motifs is 3. The Hall–Kier alpha value is -10.2. The lowest BCUT2D eigenvalue weighted by molar-refractivity contribution is -0.396.